The molecule has 0 saturated carbocycles. The summed E-state index contributed by atoms with van der Waals surface area (Å²) in [6.45, 7) is 3.38. The van der Waals surface area contributed by atoms with Gasteiger partial charge in [0.1, 0.15) is 5.82 Å². The summed E-state index contributed by atoms with van der Waals surface area (Å²) in [6.07, 6.45) is 0.0695. The number of rotatable bonds is 5. The first-order valence-electron chi connectivity index (χ1n) is 7.57. The van der Waals surface area contributed by atoms with E-state index in [1.807, 2.05) is 6.92 Å². The number of hydrogen-bond donors (Lipinski definition) is 1. The first-order chi connectivity index (χ1) is 11.8. The second-order valence-electron chi connectivity index (χ2n) is 5.53. The van der Waals surface area contributed by atoms with E-state index < -0.39 is 5.82 Å². The smallest absolute Gasteiger partial charge is 0.226 e. The zero-order chi connectivity index (χ0) is 18.6. The molecule has 25 heavy (non-hydrogen) atoms. The molecule has 0 aliphatic heterocycles. The van der Waals surface area contributed by atoms with Gasteiger partial charge >= 0.3 is 0 Å². The van der Waals surface area contributed by atoms with Crippen LogP contribution in [0.3, 0.4) is 0 Å². The highest BCUT2D eigenvalue weighted by molar-refractivity contribution is 6.31. The van der Waals surface area contributed by atoms with E-state index in [-0.39, 0.29) is 29.8 Å². The highest BCUT2D eigenvalue weighted by Crippen LogP contribution is 2.23. The Hall–Kier alpha value is -2.11. The summed E-state index contributed by atoms with van der Waals surface area (Å²) < 4.78 is 13.3. The quantitative estimate of drug-likeness (QED) is 0.805. The first-order valence-corrected chi connectivity index (χ1v) is 8.32. The lowest BCUT2D eigenvalue weighted by Crippen LogP contribution is -2.32. The van der Waals surface area contributed by atoms with Gasteiger partial charge in [-0.1, -0.05) is 29.3 Å². The molecule has 7 heteroatoms. The van der Waals surface area contributed by atoms with Crippen molar-refractivity contribution < 1.29 is 14.0 Å². The number of hydrogen-bond acceptors (Lipinski definition) is 2. The number of nitrogens with zero attached hydrogens (tertiary/aromatic N) is 1. The SMILES string of the molecule is CC(=O)N(CCC(=O)Nc1ccc(C)c(Cl)c1)c1ccc(F)c(Cl)c1. The maximum Gasteiger partial charge on any atom is 0.226 e. The third kappa shape index (κ3) is 5.18. The molecule has 1 N–H and O–H groups in total. The Bertz CT molecular complexity index is 812. The van der Waals surface area contributed by atoms with Gasteiger partial charge in [-0.15, -0.1) is 0 Å². The predicted octanol–water partition coefficient (Wildman–Crippen LogP) is 4.82. The Morgan fingerprint density at radius 3 is 2.44 bits per heavy atom. The number of carbonyl (C=O) groups excluding carboxylic acids is 2. The van der Waals surface area contributed by atoms with Crippen molar-refractivity contribution in [3.63, 3.8) is 0 Å². The van der Waals surface area contributed by atoms with Crippen molar-refractivity contribution in [3.8, 4) is 0 Å². The third-order valence-electron chi connectivity index (χ3n) is 3.61. The van der Waals surface area contributed by atoms with E-state index >= 15 is 0 Å². The predicted molar refractivity (Wildman–Crippen MR) is 98.9 cm³/mol. The van der Waals surface area contributed by atoms with Gasteiger partial charge in [0.25, 0.3) is 0 Å². The van der Waals surface area contributed by atoms with E-state index in [1.165, 1.54) is 30.0 Å². The Balaban J connectivity index is 2.02. The van der Waals surface area contributed by atoms with Gasteiger partial charge in [0, 0.05) is 36.3 Å². The molecular weight excluding hydrogens is 366 g/mol. The van der Waals surface area contributed by atoms with Gasteiger partial charge in [-0.3, -0.25) is 9.59 Å². The maximum atomic E-state index is 13.3. The number of carbonyl (C=O) groups is 2. The Labute approximate surface area is 155 Å². The minimum atomic E-state index is -0.567. The van der Waals surface area contributed by atoms with Gasteiger partial charge in [-0.2, -0.15) is 0 Å². The lowest BCUT2D eigenvalue weighted by atomic mass is 10.2. The van der Waals surface area contributed by atoms with Crippen LogP contribution in [0.4, 0.5) is 15.8 Å². The normalized spacial score (nSPS) is 10.4. The van der Waals surface area contributed by atoms with Crippen LogP contribution >= 0.6 is 23.2 Å². The molecule has 0 fully saturated rings. The van der Waals surface area contributed by atoms with Gasteiger partial charge in [0.15, 0.2) is 0 Å². The molecule has 2 amide bonds. The second kappa shape index (κ2) is 8.32. The van der Waals surface area contributed by atoms with Crippen molar-refractivity contribution in [1.29, 1.82) is 0 Å². The minimum absolute atomic E-state index is 0.0695. The molecule has 0 unspecified atom stereocenters. The zero-order valence-electron chi connectivity index (χ0n) is 13.8. The summed E-state index contributed by atoms with van der Waals surface area (Å²) in [4.78, 5) is 25.3. The number of halogens is 3. The molecule has 0 bridgehead atoms. The van der Waals surface area contributed by atoms with Crippen LogP contribution in [-0.4, -0.2) is 18.4 Å². The van der Waals surface area contributed by atoms with E-state index in [1.54, 1.807) is 18.2 Å². The summed E-state index contributed by atoms with van der Waals surface area (Å²) in [5, 5.41) is 3.21. The fourth-order valence-electron chi connectivity index (χ4n) is 2.23. The molecule has 2 aromatic rings. The van der Waals surface area contributed by atoms with Gasteiger partial charge < -0.3 is 10.2 Å². The average molecular weight is 383 g/mol. The van der Waals surface area contributed by atoms with Gasteiger partial charge in [-0.05, 0) is 42.8 Å². The van der Waals surface area contributed by atoms with Crippen LogP contribution in [0.2, 0.25) is 10.0 Å². The van der Waals surface area contributed by atoms with Crippen LogP contribution < -0.4 is 10.2 Å². The molecule has 0 spiro atoms. The molecular formula is C18H17Cl2FN2O2. The van der Waals surface area contributed by atoms with Crippen molar-refractivity contribution in [2.75, 3.05) is 16.8 Å². The number of aryl methyl sites for hydroxylation is 1. The molecule has 132 valence electrons. The number of anilines is 2. The summed E-state index contributed by atoms with van der Waals surface area (Å²) in [6, 6.07) is 9.21. The second-order valence-corrected chi connectivity index (χ2v) is 6.35. The average Bonchev–Trinajstić information content (AvgIpc) is 2.54. The lowest BCUT2D eigenvalue weighted by molar-refractivity contribution is -0.117. The van der Waals surface area contributed by atoms with Gasteiger partial charge in [-0.25, -0.2) is 4.39 Å². The molecule has 0 saturated heterocycles. The molecule has 0 aliphatic rings. The van der Waals surface area contributed by atoms with Crippen molar-refractivity contribution >= 4 is 46.4 Å². The van der Waals surface area contributed by atoms with Crippen molar-refractivity contribution in [2.45, 2.75) is 20.3 Å². The molecule has 0 atom stereocenters. The van der Waals surface area contributed by atoms with Crippen molar-refractivity contribution in [2.24, 2.45) is 0 Å². The Morgan fingerprint density at radius 2 is 1.84 bits per heavy atom. The number of amides is 2. The van der Waals surface area contributed by atoms with E-state index in [9.17, 15) is 14.0 Å². The number of benzene rings is 2. The third-order valence-corrected chi connectivity index (χ3v) is 4.31. The summed E-state index contributed by atoms with van der Waals surface area (Å²) >= 11 is 11.8. The van der Waals surface area contributed by atoms with Gasteiger partial charge in [0.2, 0.25) is 11.8 Å². The monoisotopic (exact) mass is 382 g/mol. The molecule has 4 nitrogen and oxygen atoms in total. The van der Waals surface area contributed by atoms with E-state index in [0.717, 1.165) is 5.56 Å². The molecule has 0 heterocycles. The highest BCUT2D eigenvalue weighted by atomic mass is 35.5. The highest BCUT2D eigenvalue weighted by Gasteiger charge is 2.15. The van der Waals surface area contributed by atoms with Crippen LogP contribution in [0.25, 0.3) is 0 Å². The van der Waals surface area contributed by atoms with Gasteiger partial charge in [0.05, 0.1) is 5.02 Å². The first kappa shape index (κ1) is 19.2. The van der Waals surface area contributed by atoms with Crippen LogP contribution in [-0.2, 0) is 9.59 Å². The van der Waals surface area contributed by atoms with Crippen LogP contribution in [0.5, 0.6) is 0 Å². The van der Waals surface area contributed by atoms with Crippen LogP contribution in [0, 0.1) is 12.7 Å². The molecule has 0 radical (unpaired) electrons. The summed E-state index contributed by atoms with van der Waals surface area (Å²) in [5.41, 5.74) is 1.93. The van der Waals surface area contributed by atoms with Crippen LogP contribution in [0.15, 0.2) is 36.4 Å². The van der Waals surface area contributed by atoms with E-state index in [2.05, 4.69) is 5.32 Å². The topological polar surface area (TPSA) is 49.4 Å². The minimum Gasteiger partial charge on any atom is -0.326 e. The van der Waals surface area contributed by atoms with E-state index in [0.29, 0.717) is 16.4 Å². The summed E-state index contributed by atoms with van der Waals surface area (Å²) in [7, 11) is 0. The van der Waals surface area contributed by atoms with Crippen molar-refractivity contribution in [3.05, 3.63) is 57.8 Å². The van der Waals surface area contributed by atoms with E-state index in [4.69, 9.17) is 23.2 Å². The summed E-state index contributed by atoms with van der Waals surface area (Å²) in [5.74, 6) is -1.10. The fourth-order valence-corrected chi connectivity index (χ4v) is 2.58. The fraction of sp³-hybridized carbons (Fsp3) is 0.222. The zero-order valence-corrected chi connectivity index (χ0v) is 15.3. The Morgan fingerprint density at radius 1 is 1.12 bits per heavy atom. The largest absolute Gasteiger partial charge is 0.326 e. The molecule has 2 aromatic carbocycles. The lowest BCUT2D eigenvalue weighted by Gasteiger charge is -2.21. The maximum absolute atomic E-state index is 13.3. The Kier molecular flexibility index (Phi) is 6.39. The molecule has 0 aliphatic carbocycles. The van der Waals surface area contributed by atoms with Crippen molar-refractivity contribution in [1.82, 2.24) is 0 Å². The van der Waals surface area contributed by atoms with Crippen LogP contribution in [0.1, 0.15) is 18.9 Å². The molecule has 0 aromatic heterocycles. The molecule has 2 rings (SSSR count). The number of nitrogens with one attached hydrogen (secondary N) is 1. The standard InChI is InChI=1S/C18H17Cl2FN2O2/c1-11-3-4-13(9-15(11)19)22-18(25)7-8-23(12(2)24)14-5-6-17(21)16(20)10-14/h3-6,9-10H,7-8H2,1-2H3,(H,22,25).